The Morgan fingerprint density at radius 3 is 2.37 bits per heavy atom. The van der Waals surface area contributed by atoms with E-state index in [1.807, 2.05) is 31.2 Å². The average Bonchev–Trinajstić information content (AvgIpc) is 2.99. The number of anilines is 1. The summed E-state index contributed by atoms with van der Waals surface area (Å²) < 4.78 is 35.0. The van der Waals surface area contributed by atoms with Crippen LogP contribution in [0.3, 0.4) is 0 Å². The summed E-state index contributed by atoms with van der Waals surface area (Å²) in [5, 5.41) is 3.51. The van der Waals surface area contributed by atoms with Gasteiger partial charge in [0.25, 0.3) is 10.0 Å². The maximum Gasteiger partial charge on any atom is 0.264 e. The van der Waals surface area contributed by atoms with Crippen LogP contribution in [0.1, 0.15) is 57.1 Å². The molecule has 0 aliphatic heterocycles. The number of hydrogen-bond donors (Lipinski definition) is 1. The highest BCUT2D eigenvalue weighted by molar-refractivity contribution is 7.92. The molecule has 0 aromatic heterocycles. The summed E-state index contributed by atoms with van der Waals surface area (Å²) >= 11 is 6.05. The Hall–Kier alpha value is -3.56. The van der Waals surface area contributed by atoms with Crippen molar-refractivity contribution in [3.8, 4) is 5.75 Å². The van der Waals surface area contributed by atoms with E-state index < -0.39 is 28.5 Å². The standard InChI is InChI=1S/C33H40ClN3O5S/c1-4-42-31-16-9-8-15-30(31)37(43(40,41)29-19-17-27(34)18-20-29)23-32(38)36(22-26-12-10-11-24(2)21-26)25(3)33(39)35-28-13-6-5-7-14-28/h8-12,15-21,25,28H,4-7,13-14,22-23H2,1-3H3,(H,35,39)/t25-/m1/s1. The molecule has 1 saturated carbocycles. The molecule has 2 amide bonds. The second-order valence-electron chi connectivity index (χ2n) is 10.9. The number of hydrogen-bond acceptors (Lipinski definition) is 5. The number of carbonyl (C=O) groups is 2. The lowest BCUT2D eigenvalue weighted by Gasteiger charge is -2.33. The smallest absolute Gasteiger partial charge is 0.264 e. The fraction of sp³-hybridized carbons (Fsp3) is 0.394. The number of amides is 2. The lowest BCUT2D eigenvalue weighted by Crippen LogP contribution is -2.53. The molecular weight excluding hydrogens is 586 g/mol. The molecular formula is C33H40ClN3O5S. The highest BCUT2D eigenvalue weighted by Gasteiger charge is 2.34. The molecule has 1 aliphatic rings. The fourth-order valence-corrected chi connectivity index (χ4v) is 6.90. The van der Waals surface area contributed by atoms with Crippen molar-refractivity contribution in [3.05, 3.63) is 88.9 Å². The Labute approximate surface area is 260 Å². The molecule has 1 atom stereocenters. The minimum atomic E-state index is -4.24. The van der Waals surface area contributed by atoms with Crippen molar-refractivity contribution in [2.24, 2.45) is 0 Å². The number of aryl methyl sites for hydroxylation is 1. The van der Waals surface area contributed by atoms with Crippen molar-refractivity contribution in [1.29, 1.82) is 0 Å². The Kier molecular flexibility index (Phi) is 11.1. The first-order valence-electron chi connectivity index (χ1n) is 14.8. The molecule has 3 aromatic carbocycles. The van der Waals surface area contributed by atoms with Crippen molar-refractivity contribution in [1.82, 2.24) is 10.2 Å². The van der Waals surface area contributed by atoms with E-state index in [1.165, 1.54) is 29.2 Å². The summed E-state index contributed by atoms with van der Waals surface area (Å²) in [6.07, 6.45) is 5.09. The van der Waals surface area contributed by atoms with Gasteiger partial charge in [-0.15, -0.1) is 0 Å². The molecule has 0 radical (unpaired) electrons. The normalized spacial score (nSPS) is 14.5. The SMILES string of the molecule is CCOc1ccccc1N(CC(=O)N(Cc1cccc(C)c1)[C@H](C)C(=O)NC1CCCCC1)S(=O)(=O)c1ccc(Cl)cc1. The fourth-order valence-electron chi connectivity index (χ4n) is 5.35. The van der Waals surface area contributed by atoms with Crippen LogP contribution < -0.4 is 14.4 Å². The molecule has 0 unspecified atom stereocenters. The van der Waals surface area contributed by atoms with Crippen LogP contribution >= 0.6 is 11.6 Å². The zero-order valence-corrected chi connectivity index (χ0v) is 26.5. The predicted octanol–water partition coefficient (Wildman–Crippen LogP) is 6.11. The second-order valence-corrected chi connectivity index (χ2v) is 13.2. The van der Waals surface area contributed by atoms with Crippen LogP contribution in [0.4, 0.5) is 5.69 Å². The number of sulfonamides is 1. The Balaban J connectivity index is 1.72. The number of para-hydroxylation sites is 2. The molecule has 3 aromatic rings. The van der Waals surface area contributed by atoms with Crippen molar-refractivity contribution in [3.63, 3.8) is 0 Å². The van der Waals surface area contributed by atoms with Gasteiger partial charge in [-0.25, -0.2) is 8.42 Å². The molecule has 1 N–H and O–H groups in total. The highest BCUT2D eigenvalue weighted by Crippen LogP contribution is 2.33. The molecule has 1 fully saturated rings. The van der Waals surface area contributed by atoms with Gasteiger partial charge in [0.15, 0.2) is 0 Å². The van der Waals surface area contributed by atoms with Crippen LogP contribution in [0.5, 0.6) is 5.75 Å². The number of rotatable bonds is 12. The Morgan fingerprint density at radius 1 is 1.00 bits per heavy atom. The first kappa shape index (κ1) is 32.4. The monoisotopic (exact) mass is 625 g/mol. The van der Waals surface area contributed by atoms with E-state index in [0.29, 0.717) is 17.4 Å². The van der Waals surface area contributed by atoms with Gasteiger partial charge in [0.1, 0.15) is 18.3 Å². The number of halogens is 1. The molecule has 0 bridgehead atoms. The summed E-state index contributed by atoms with van der Waals surface area (Å²) in [5.74, 6) is -0.449. The number of ether oxygens (including phenoxy) is 1. The number of nitrogens with zero attached hydrogens (tertiary/aromatic N) is 2. The third-order valence-electron chi connectivity index (χ3n) is 7.67. The zero-order valence-electron chi connectivity index (χ0n) is 25.0. The average molecular weight is 626 g/mol. The zero-order chi connectivity index (χ0) is 31.0. The van der Waals surface area contributed by atoms with Gasteiger partial charge in [0.05, 0.1) is 17.2 Å². The van der Waals surface area contributed by atoms with Gasteiger partial charge in [-0.1, -0.05) is 72.8 Å². The summed E-state index contributed by atoms with van der Waals surface area (Å²) in [6.45, 7) is 5.36. The third-order valence-corrected chi connectivity index (χ3v) is 9.69. The van der Waals surface area contributed by atoms with E-state index in [-0.39, 0.29) is 29.1 Å². The van der Waals surface area contributed by atoms with Gasteiger partial charge >= 0.3 is 0 Å². The number of nitrogens with one attached hydrogen (secondary N) is 1. The first-order valence-corrected chi connectivity index (χ1v) is 16.6. The highest BCUT2D eigenvalue weighted by atomic mass is 35.5. The van der Waals surface area contributed by atoms with E-state index in [9.17, 15) is 18.0 Å². The summed E-state index contributed by atoms with van der Waals surface area (Å²) in [4.78, 5) is 29.2. The Bertz CT molecular complexity index is 1510. The summed E-state index contributed by atoms with van der Waals surface area (Å²) in [7, 11) is -4.24. The van der Waals surface area contributed by atoms with Crippen molar-refractivity contribution in [2.75, 3.05) is 17.5 Å². The Morgan fingerprint density at radius 2 is 1.70 bits per heavy atom. The molecule has 0 spiro atoms. The maximum atomic E-state index is 14.2. The lowest BCUT2D eigenvalue weighted by molar-refractivity contribution is -0.139. The van der Waals surface area contributed by atoms with E-state index in [4.69, 9.17) is 16.3 Å². The molecule has 0 heterocycles. The quantitative estimate of drug-likeness (QED) is 0.262. The largest absolute Gasteiger partial charge is 0.492 e. The summed E-state index contributed by atoms with van der Waals surface area (Å²) in [5.41, 5.74) is 2.08. The second kappa shape index (κ2) is 14.8. The lowest BCUT2D eigenvalue weighted by atomic mass is 9.95. The van der Waals surface area contributed by atoms with Crippen LogP contribution in [0.25, 0.3) is 0 Å². The van der Waals surface area contributed by atoms with Gasteiger partial charge in [-0.2, -0.15) is 0 Å². The van der Waals surface area contributed by atoms with Gasteiger partial charge in [-0.3, -0.25) is 13.9 Å². The molecule has 4 rings (SSSR count). The van der Waals surface area contributed by atoms with Crippen molar-refractivity contribution >= 4 is 39.1 Å². The van der Waals surface area contributed by atoms with E-state index >= 15 is 0 Å². The topological polar surface area (TPSA) is 96.0 Å². The summed E-state index contributed by atoms with van der Waals surface area (Å²) in [6, 6.07) is 19.4. The first-order chi connectivity index (χ1) is 20.6. The minimum absolute atomic E-state index is 0.0238. The van der Waals surface area contributed by atoms with Crippen LogP contribution in [-0.2, 0) is 26.2 Å². The third kappa shape index (κ3) is 8.30. The molecule has 10 heteroatoms. The molecule has 43 heavy (non-hydrogen) atoms. The van der Waals surface area contributed by atoms with E-state index in [0.717, 1.165) is 47.5 Å². The predicted molar refractivity (Wildman–Crippen MR) is 170 cm³/mol. The number of carbonyl (C=O) groups excluding carboxylic acids is 2. The molecule has 1 aliphatic carbocycles. The minimum Gasteiger partial charge on any atom is -0.492 e. The molecule has 230 valence electrons. The van der Waals surface area contributed by atoms with Crippen molar-refractivity contribution < 1.29 is 22.7 Å². The van der Waals surface area contributed by atoms with Gasteiger partial charge in [-0.05, 0) is 75.6 Å². The van der Waals surface area contributed by atoms with E-state index in [1.54, 1.807) is 38.1 Å². The van der Waals surface area contributed by atoms with Gasteiger partial charge in [0.2, 0.25) is 11.8 Å². The van der Waals surface area contributed by atoms with E-state index in [2.05, 4.69) is 5.32 Å². The van der Waals surface area contributed by atoms with Crippen LogP contribution in [-0.4, -0.2) is 50.4 Å². The maximum absolute atomic E-state index is 14.2. The molecule has 0 saturated heterocycles. The van der Waals surface area contributed by atoms with Gasteiger partial charge in [0, 0.05) is 17.6 Å². The van der Waals surface area contributed by atoms with Crippen LogP contribution in [0, 0.1) is 6.92 Å². The van der Waals surface area contributed by atoms with Crippen LogP contribution in [0.15, 0.2) is 77.7 Å². The molecule has 8 nitrogen and oxygen atoms in total. The number of benzene rings is 3. The van der Waals surface area contributed by atoms with Gasteiger partial charge < -0.3 is 15.0 Å². The van der Waals surface area contributed by atoms with Crippen molar-refractivity contribution in [2.45, 2.75) is 76.4 Å². The van der Waals surface area contributed by atoms with Crippen LogP contribution in [0.2, 0.25) is 5.02 Å².